The van der Waals surface area contributed by atoms with Crippen molar-refractivity contribution in [3.63, 3.8) is 0 Å². The molecule has 24 heavy (non-hydrogen) atoms. The second-order valence-electron chi connectivity index (χ2n) is 6.54. The zero-order valence-electron chi connectivity index (χ0n) is 14.1. The third-order valence-corrected chi connectivity index (χ3v) is 4.60. The van der Waals surface area contributed by atoms with Gasteiger partial charge in [-0.05, 0) is 41.3 Å². The minimum atomic E-state index is 0.555. The van der Waals surface area contributed by atoms with Crippen LogP contribution < -0.4 is 0 Å². The molecule has 0 spiro atoms. The number of nitrogens with zero attached hydrogens (tertiary/aromatic N) is 1. The standard InChI is InChI=1S/C23H21N/c1-17(2)18-12-14-19(15-13-18)23-16-20-8-6-7-11-22(20)24(23)21-9-4-3-5-10-21/h3-17H,1-2H3. The monoisotopic (exact) mass is 311 g/mol. The second-order valence-corrected chi connectivity index (χ2v) is 6.54. The van der Waals surface area contributed by atoms with Crippen LogP contribution >= 0.6 is 0 Å². The van der Waals surface area contributed by atoms with Crippen molar-refractivity contribution in [1.29, 1.82) is 0 Å². The number of fused-ring (bicyclic) bond motifs is 1. The van der Waals surface area contributed by atoms with Crippen LogP contribution in [0.15, 0.2) is 84.9 Å². The van der Waals surface area contributed by atoms with Crippen molar-refractivity contribution < 1.29 is 0 Å². The van der Waals surface area contributed by atoms with Crippen molar-refractivity contribution in [2.24, 2.45) is 0 Å². The lowest BCUT2D eigenvalue weighted by molar-refractivity contribution is 0.867. The zero-order chi connectivity index (χ0) is 16.5. The average molecular weight is 311 g/mol. The van der Waals surface area contributed by atoms with Gasteiger partial charge < -0.3 is 4.57 Å². The van der Waals surface area contributed by atoms with Crippen LogP contribution in [-0.2, 0) is 0 Å². The molecule has 1 heterocycles. The summed E-state index contributed by atoms with van der Waals surface area (Å²) in [5, 5.41) is 1.27. The Labute approximate surface area is 143 Å². The first-order valence-electron chi connectivity index (χ1n) is 8.50. The number of rotatable bonds is 3. The molecule has 0 saturated carbocycles. The van der Waals surface area contributed by atoms with E-state index < -0.39 is 0 Å². The van der Waals surface area contributed by atoms with Crippen LogP contribution in [0.4, 0.5) is 0 Å². The third kappa shape index (κ3) is 2.52. The molecule has 4 rings (SSSR count). The smallest absolute Gasteiger partial charge is 0.0540 e. The Morgan fingerprint density at radius 1 is 0.708 bits per heavy atom. The van der Waals surface area contributed by atoms with E-state index in [0.29, 0.717) is 5.92 Å². The van der Waals surface area contributed by atoms with E-state index in [1.165, 1.54) is 33.4 Å². The summed E-state index contributed by atoms with van der Waals surface area (Å²) in [6.07, 6.45) is 0. The largest absolute Gasteiger partial charge is 0.309 e. The Bertz CT molecular complexity index is 960. The van der Waals surface area contributed by atoms with Crippen molar-refractivity contribution in [2.45, 2.75) is 19.8 Å². The summed E-state index contributed by atoms with van der Waals surface area (Å²) in [5.74, 6) is 0.555. The van der Waals surface area contributed by atoms with Gasteiger partial charge in [-0.3, -0.25) is 0 Å². The minimum Gasteiger partial charge on any atom is -0.309 e. The molecular weight excluding hydrogens is 290 g/mol. The summed E-state index contributed by atoms with van der Waals surface area (Å²) in [6, 6.07) is 30.4. The fourth-order valence-corrected chi connectivity index (χ4v) is 3.26. The first-order valence-corrected chi connectivity index (χ1v) is 8.50. The summed E-state index contributed by atoms with van der Waals surface area (Å²) in [5.41, 5.74) is 6.30. The molecule has 0 bridgehead atoms. The van der Waals surface area contributed by atoms with Crippen molar-refractivity contribution >= 4 is 10.9 Å². The lowest BCUT2D eigenvalue weighted by atomic mass is 10.0. The zero-order valence-corrected chi connectivity index (χ0v) is 14.1. The van der Waals surface area contributed by atoms with Gasteiger partial charge in [0.15, 0.2) is 0 Å². The van der Waals surface area contributed by atoms with Gasteiger partial charge in [-0.2, -0.15) is 0 Å². The van der Waals surface area contributed by atoms with Crippen molar-refractivity contribution in [2.75, 3.05) is 0 Å². The van der Waals surface area contributed by atoms with Gasteiger partial charge in [0, 0.05) is 11.1 Å². The van der Waals surface area contributed by atoms with Gasteiger partial charge in [0.2, 0.25) is 0 Å². The molecule has 4 aromatic rings. The first kappa shape index (κ1) is 14.8. The third-order valence-electron chi connectivity index (χ3n) is 4.60. The van der Waals surface area contributed by atoms with Gasteiger partial charge in [0.1, 0.15) is 0 Å². The van der Waals surface area contributed by atoms with E-state index in [9.17, 15) is 0 Å². The Kier molecular flexibility index (Phi) is 3.70. The quantitative estimate of drug-likeness (QED) is 0.411. The Balaban J connectivity index is 1.95. The Morgan fingerprint density at radius 3 is 2.08 bits per heavy atom. The summed E-state index contributed by atoms with van der Waals surface area (Å²) in [4.78, 5) is 0. The molecule has 0 fully saturated rings. The predicted octanol–water partition coefficient (Wildman–Crippen LogP) is 6.42. The SMILES string of the molecule is CC(C)c1ccc(-c2cc3ccccc3n2-c2ccccc2)cc1. The topological polar surface area (TPSA) is 4.93 Å². The fraction of sp³-hybridized carbons (Fsp3) is 0.130. The molecule has 0 N–H and O–H groups in total. The molecule has 118 valence electrons. The van der Waals surface area contributed by atoms with E-state index in [-0.39, 0.29) is 0 Å². The molecule has 1 nitrogen and oxygen atoms in total. The molecule has 3 aromatic carbocycles. The molecular formula is C23H21N. The first-order chi connectivity index (χ1) is 11.7. The highest BCUT2D eigenvalue weighted by Crippen LogP contribution is 2.32. The van der Waals surface area contributed by atoms with Crippen LogP contribution in [0.2, 0.25) is 0 Å². The highest BCUT2D eigenvalue weighted by Gasteiger charge is 2.12. The van der Waals surface area contributed by atoms with E-state index in [2.05, 4.69) is 103 Å². The van der Waals surface area contributed by atoms with Crippen LogP contribution in [0.5, 0.6) is 0 Å². The van der Waals surface area contributed by atoms with Crippen molar-refractivity contribution in [3.05, 3.63) is 90.5 Å². The summed E-state index contributed by atoms with van der Waals surface area (Å²) in [7, 11) is 0. The maximum atomic E-state index is 2.35. The summed E-state index contributed by atoms with van der Waals surface area (Å²) < 4.78 is 2.35. The molecule has 0 saturated heterocycles. The van der Waals surface area contributed by atoms with Gasteiger partial charge in [-0.1, -0.05) is 74.5 Å². The van der Waals surface area contributed by atoms with Crippen LogP contribution in [-0.4, -0.2) is 4.57 Å². The molecule has 1 heteroatoms. The van der Waals surface area contributed by atoms with Crippen LogP contribution in [0.1, 0.15) is 25.3 Å². The maximum absolute atomic E-state index is 2.35. The van der Waals surface area contributed by atoms with Gasteiger partial charge in [-0.25, -0.2) is 0 Å². The highest BCUT2D eigenvalue weighted by atomic mass is 15.0. The normalized spacial score (nSPS) is 11.3. The van der Waals surface area contributed by atoms with E-state index in [1.54, 1.807) is 0 Å². The Morgan fingerprint density at radius 2 is 1.38 bits per heavy atom. The number of hydrogen-bond donors (Lipinski definition) is 0. The molecule has 1 aromatic heterocycles. The molecule has 0 aliphatic rings. The van der Waals surface area contributed by atoms with Crippen LogP contribution in [0.3, 0.4) is 0 Å². The number of benzene rings is 3. The molecule has 0 amide bonds. The second kappa shape index (κ2) is 6.01. The number of hydrogen-bond acceptors (Lipinski definition) is 0. The predicted molar refractivity (Wildman–Crippen MR) is 103 cm³/mol. The van der Waals surface area contributed by atoms with Crippen LogP contribution in [0, 0.1) is 0 Å². The van der Waals surface area contributed by atoms with Crippen LogP contribution in [0.25, 0.3) is 27.8 Å². The molecule has 0 atom stereocenters. The molecule has 0 radical (unpaired) electrons. The van der Waals surface area contributed by atoms with E-state index in [1.807, 2.05) is 0 Å². The van der Waals surface area contributed by atoms with Gasteiger partial charge in [0.25, 0.3) is 0 Å². The van der Waals surface area contributed by atoms with E-state index in [4.69, 9.17) is 0 Å². The maximum Gasteiger partial charge on any atom is 0.0540 e. The molecule has 0 aliphatic carbocycles. The lowest BCUT2D eigenvalue weighted by Gasteiger charge is -2.12. The summed E-state index contributed by atoms with van der Waals surface area (Å²) in [6.45, 7) is 4.46. The van der Waals surface area contributed by atoms with E-state index in [0.717, 1.165) is 0 Å². The van der Waals surface area contributed by atoms with Gasteiger partial charge in [0.05, 0.1) is 11.2 Å². The number of para-hydroxylation sites is 2. The summed E-state index contributed by atoms with van der Waals surface area (Å²) >= 11 is 0. The average Bonchev–Trinajstić information content (AvgIpc) is 3.02. The minimum absolute atomic E-state index is 0.555. The van der Waals surface area contributed by atoms with Gasteiger partial charge in [-0.15, -0.1) is 0 Å². The molecule has 0 aliphatic heterocycles. The van der Waals surface area contributed by atoms with Crippen molar-refractivity contribution in [3.8, 4) is 16.9 Å². The fourth-order valence-electron chi connectivity index (χ4n) is 3.26. The number of aromatic nitrogens is 1. The van der Waals surface area contributed by atoms with E-state index >= 15 is 0 Å². The highest BCUT2D eigenvalue weighted by molar-refractivity contribution is 5.89. The van der Waals surface area contributed by atoms with Crippen molar-refractivity contribution in [1.82, 2.24) is 4.57 Å². The van der Waals surface area contributed by atoms with Gasteiger partial charge >= 0.3 is 0 Å². The molecule has 0 unspecified atom stereocenters. The lowest BCUT2D eigenvalue weighted by Crippen LogP contribution is -1.96. The Hall–Kier alpha value is -2.80.